The smallest absolute Gasteiger partial charge is 0.0202 e. The van der Waals surface area contributed by atoms with E-state index in [9.17, 15) is 0 Å². The molecule has 0 aromatic carbocycles. The van der Waals surface area contributed by atoms with Crippen LogP contribution in [0.25, 0.3) is 0 Å². The highest BCUT2D eigenvalue weighted by molar-refractivity contribution is 14.1. The van der Waals surface area contributed by atoms with Gasteiger partial charge in [-0.3, -0.25) is 0 Å². The molecule has 0 fully saturated rings. The van der Waals surface area contributed by atoms with E-state index < -0.39 is 0 Å². The van der Waals surface area contributed by atoms with Crippen LogP contribution in [0.4, 0.5) is 0 Å². The molecule has 0 N–H and O–H groups in total. The van der Waals surface area contributed by atoms with Crippen LogP contribution in [0.3, 0.4) is 0 Å². The lowest BCUT2D eigenvalue weighted by atomic mass is 10.6. The van der Waals surface area contributed by atoms with E-state index in [-0.39, 0.29) is 0 Å². The summed E-state index contributed by atoms with van der Waals surface area (Å²) in [6.07, 6.45) is 3.62. The van der Waals surface area contributed by atoms with E-state index in [1.54, 1.807) is 6.08 Å². The third kappa shape index (κ3) is 3.99. The first-order valence-corrected chi connectivity index (χ1v) is 2.77. The topological polar surface area (TPSA) is 0 Å². The van der Waals surface area contributed by atoms with Gasteiger partial charge < -0.3 is 0 Å². The normalized spacial score (nSPS) is 8.17. The largest absolute Gasteiger partial charge is 0.129 e. The standard InChI is InChI=1S/C5H5I/c1-2-3-4-5-6/h3-5H,1H2. The van der Waals surface area contributed by atoms with Crippen molar-refractivity contribution < 1.29 is 0 Å². The minimum Gasteiger partial charge on any atom is -0.129 e. The van der Waals surface area contributed by atoms with Crippen molar-refractivity contribution in [3.05, 3.63) is 28.5 Å². The zero-order valence-corrected chi connectivity index (χ0v) is 5.47. The summed E-state index contributed by atoms with van der Waals surface area (Å²) in [5.41, 5.74) is 2.60. The van der Waals surface area contributed by atoms with E-state index in [4.69, 9.17) is 0 Å². The molecule has 0 saturated heterocycles. The van der Waals surface area contributed by atoms with Crippen molar-refractivity contribution in [2.24, 2.45) is 0 Å². The van der Waals surface area contributed by atoms with Crippen LogP contribution >= 0.6 is 22.6 Å². The van der Waals surface area contributed by atoms with E-state index in [2.05, 4.69) is 34.9 Å². The maximum atomic E-state index is 3.36. The minimum atomic E-state index is 1.76. The maximum Gasteiger partial charge on any atom is -0.0202 e. The molecule has 0 saturated carbocycles. The number of allylic oxidation sites excluding steroid dienone is 2. The van der Waals surface area contributed by atoms with Gasteiger partial charge in [0, 0.05) is 0 Å². The van der Waals surface area contributed by atoms with Crippen molar-refractivity contribution in [2.45, 2.75) is 0 Å². The average molecular weight is 192 g/mol. The second-order valence-electron chi connectivity index (χ2n) is 0.689. The van der Waals surface area contributed by atoms with Crippen LogP contribution in [-0.4, -0.2) is 0 Å². The third-order valence-corrected chi connectivity index (χ3v) is 0.702. The first-order chi connectivity index (χ1) is 2.91. The van der Waals surface area contributed by atoms with Crippen LogP contribution in [0, 0.1) is 0 Å². The lowest BCUT2D eigenvalue weighted by molar-refractivity contribution is 2.09. The molecule has 0 rings (SSSR count). The molecule has 0 heterocycles. The highest BCUT2D eigenvalue weighted by atomic mass is 127. The fourth-order valence-corrected chi connectivity index (χ4v) is 0.312. The lowest BCUT2D eigenvalue weighted by Crippen LogP contribution is -1.31. The van der Waals surface area contributed by atoms with Gasteiger partial charge in [-0.2, -0.15) is 0 Å². The van der Waals surface area contributed by atoms with Gasteiger partial charge in [0.05, 0.1) is 0 Å². The summed E-state index contributed by atoms with van der Waals surface area (Å²) in [5, 5.41) is 0. The molecular formula is C5H5I. The van der Waals surface area contributed by atoms with Crippen molar-refractivity contribution in [3.8, 4) is 0 Å². The van der Waals surface area contributed by atoms with Crippen LogP contribution in [0.1, 0.15) is 0 Å². The van der Waals surface area contributed by atoms with Gasteiger partial charge in [-0.1, -0.05) is 29.2 Å². The van der Waals surface area contributed by atoms with E-state index in [0.717, 1.165) is 0 Å². The van der Waals surface area contributed by atoms with Crippen molar-refractivity contribution >= 4 is 22.6 Å². The number of hydrogen-bond donors (Lipinski definition) is 0. The van der Waals surface area contributed by atoms with Gasteiger partial charge in [-0.25, -0.2) is 0 Å². The summed E-state index contributed by atoms with van der Waals surface area (Å²) >= 11 is 2.13. The molecule has 0 unspecified atom stereocenters. The summed E-state index contributed by atoms with van der Waals surface area (Å²) in [4.78, 5) is 0. The molecule has 0 amide bonds. The Labute approximate surface area is 51.4 Å². The zero-order chi connectivity index (χ0) is 4.83. The van der Waals surface area contributed by atoms with Crippen LogP contribution in [-0.2, 0) is 0 Å². The Balaban J connectivity index is 3.33. The molecule has 32 valence electrons. The predicted molar refractivity (Wildman–Crippen MR) is 36.9 cm³/mol. The van der Waals surface area contributed by atoms with Crippen molar-refractivity contribution in [2.75, 3.05) is 0 Å². The molecule has 0 bridgehead atoms. The predicted octanol–water partition coefficient (Wildman–Crippen LogP) is 2.28. The molecule has 0 aliphatic heterocycles. The van der Waals surface area contributed by atoms with E-state index in [0.29, 0.717) is 0 Å². The zero-order valence-electron chi connectivity index (χ0n) is 3.32. The molecular weight excluding hydrogens is 187 g/mol. The SMILES string of the molecule is C=C=CC=CI. The number of hydrogen-bond acceptors (Lipinski definition) is 0. The molecule has 6 heavy (non-hydrogen) atoms. The summed E-state index contributed by atoms with van der Waals surface area (Å²) in [5.74, 6) is 0. The van der Waals surface area contributed by atoms with E-state index in [1.165, 1.54) is 0 Å². The summed E-state index contributed by atoms with van der Waals surface area (Å²) in [6, 6.07) is 0. The Bertz CT molecular complexity index is 86.1. The van der Waals surface area contributed by atoms with Crippen LogP contribution < -0.4 is 0 Å². The second kappa shape index (κ2) is 4.99. The van der Waals surface area contributed by atoms with Gasteiger partial charge >= 0.3 is 0 Å². The molecule has 0 spiro atoms. The molecule has 0 aliphatic rings. The van der Waals surface area contributed by atoms with Crippen LogP contribution in [0.15, 0.2) is 28.5 Å². The quantitative estimate of drug-likeness (QED) is 0.339. The molecule has 0 aromatic rings. The summed E-state index contributed by atoms with van der Waals surface area (Å²) in [7, 11) is 0. The second-order valence-corrected chi connectivity index (χ2v) is 1.41. The fraction of sp³-hybridized carbons (Fsp3) is 0. The minimum absolute atomic E-state index is 1.76. The third-order valence-electron chi connectivity index (χ3n) is 0.287. The molecule has 0 aromatic heterocycles. The Morgan fingerprint density at radius 3 is 2.50 bits per heavy atom. The number of halogens is 1. The Kier molecular flexibility index (Phi) is 4.98. The van der Waals surface area contributed by atoms with Crippen LogP contribution in [0.2, 0.25) is 0 Å². The van der Waals surface area contributed by atoms with Gasteiger partial charge in [-0.05, 0) is 16.2 Å². The summed E-state index contributed by atoms with van der Waals surface area (Å²) in [6.45, 7) is 3.36. The molecule has 0 radical (unpaired) electrons. The first kappa shape index (κ1) is 5.99. The average Bonchev–Trinajstić information content (AvgIpc) is 1.61. The van der Waals surface area contributed by atoms with Gasteiger partial charge in [0.15, 0.2) is 0 Å². The van der Waals surface area contributed by atoms with Gasteiger partial charge in [0.25, 0.3) is 0 Å². The lowest BCUT2D eigenvalue weighted by Gasteiger charge is -1.55. The monoisotopic (exact) mass is 192 g/mol. The van der Waals surface area contributed by atoms with Crippen molar-refractivity contribution in [3.63, 3.8) is 0 Å². The van der Waals surface area contributed by atoms with E-state index >= 15 is 0 Å². The molecule has 0 atom stereocenters. The van der Waals surface area contributed by atoms with Gasteiger partial charge in [-0.15, -0.1) is 5.73 Å². The van der Waals surface area contributed by atoms with Crippen molar-refractivity contribution in [1.29, 1.82) is 0 Å². The summed E-state index contributed by atoms with van der Waals surface area (Å²) < 4.78 is 1.90. The number of rotatable bonds is 1. The Morgan fingerprint density at radius 2 is 2.33 bits per heavy atom. The van der Waals surface area contributed by atoms with E-state index in [1.807, 2.05) is 10.2 Å². The molecule has 0 nitrogen and oxygen atoms in total. The van der Waals surface area contributed by atoms with Crippen LogP contribution in [0.5, 0.6) is 0 Å². The Hall–Kier alpha value is -0.0100. The van der Waals surface area contributed by atoms with Crippen molar-refractivity contribution in [1.82, 2.24) is 0 Å². The van der Waals surface area contributed by atoms with Gasteiger partial charge in [0.1, 0.15) is 0 Å². The highest BCUT2D eigenvalue weighted by Crippen LogP contribution is 1.81. The Morgan fingerprint density at radius 1 is 1.67 bits per heavy atom. The highest BCUT2D eigenvalue weighted by Gasteiger charge is 1.47. The van der Waals surface area contributed by atoms with Gasteiger partial charge in [0.2, 0.25) is 0 Å². The maximum absolute atomic E-state index is 3.36. The molecule has 0 aliphatic carbocycles. The fourth-order valence-electron chi connectivity index (χ4n) is 0.104. The first-order valence-electron chi connectivity index (χ1n) is 1.53. The molecule has 1 heteroatoms.